The first-order valence-corrected chi connectivity index (χ1v) is 4.34. The van der Waals surface area contributed by atoms with Crippen LogP contribution in [0.5, 0.6) is 0 Å². The lowest BCUT2D eigenvalue weighted by molar-refractivity contribution is 0.360. The predicted molar refractivity (Wildman–Crippen MR) is 47.9 cm³/mol. The first-order chi connectivity index (χ1) is 4.56. The van der Waals surface area contributed by atoms with Crippen LogP contribution in [-0.4, -0.2) is 0 Å². The van der Waals surface area contributed by atoms with E-state index in [1.807, 2.05) is 0 Å². The van der Waals surface area contributed by atoms with Gasteiger partial charge in [-0.25, -0.2) is 0 Å². The molecule has 10 heavy (non-hydrogen) atoms. The molecule has 0 fully saturated rings. The van der Waals surface area contributed by atoms with Crippen LogP contribution in [-0.2, 0) is 0 Å². The third-order valence-electron chi connectivity index (χ3n) is 1.67. The fourth-order valence-electron chi connectivity index (χ4n) is 1.00. The van der Waals surface area contributed by atoms with Gasteiger partial charge in [-0.15, -0.1) is 0 Å². The van der Waals surface area contributed by atoms with E-state index in [-0.39, 0.29) is 0 Å². The van der Waals surface area contributed by atoms with Gasteiger partial charge in [0.1, 0.15) is 0 Å². The monoisotopic (exact) mass is 141 g/mol. The summed E-state index contributed by atoms with van der Waals surface area (Å²) in [7, 11) is 0. The van der Waals surface area contributed by atoms with Crippen molar-refractivity contribution in [1.29, 1.82) is 0 Å². The van der Waals surface area contributed by atoms with Gasteiger partial charge in [-0.3, -0.25) is 0 Å². The zero-order valence-electron chi connectivity index (χ0n) is 7.91. The van der Waals surface area contributed by atoms with Crippen molar-refractivity contribution in [2.24, 2.45) is 5.41 Å². The Kier molecular flexibility index (Phi) is 4.76. The fourth-order valence-corrected chi connectivity index (χ4v) is 1.00. The van der Waals surface area contributed by atoms with Crippen molar-refractivity contribution >= 4 is 0 Å². The number of unbranched alkanes of at least 4 members (excludes halogenated alkanes) is 3. The van der Waals surface area contributed by atoms with Crippen LogP contribution in [0.2, 0.25) is 0 Å². The van der Waals surface area contributed by atoms with E-state index in [9.17, 15) is 0 Å². The molecule has 1 radical (unpaired) electrons. The van der Waals surface area contributed by atoms with E-state index in [0.717, 1.165) is 0 Å². The van der Waals surface area contributed by atoms with Gasteiger partial charge in [0.2, 0.25) is 0 Å². The summed E-state index contributed by atoms with van der Waals surface area (Å²) in [6.07, 6.45) is 7.65. The summed E-state index contributed by atoms with van der Waals surface area (Å²) in [6, 6.07) is 0. The standard InChI is InChI=1S/C10H21/c1-5-6-7-8-9-10(2,3)4/h5H,6-9H2,1-4H3. The van der Waals surface area contributed by atoms with Crippen molar-refractivity contribution in [3.05, 3.63) is 6.42 Å². The highest BCUT2D eigenvalue weighted by atomic mass is 14.1. The Labute approximate surface area is 66.0 Å². The molecule has 0 heterocycles. The van der Waals surface area contributed by atoms with Crippen molar-refractivity contribution in [3.63, 3.8) is 0 Å². The molecule has 0 spiro atoms. The molecular weight excluding hydrogens is 120 g/mol. The second-order valence-electron chi connectivity index (χ2n) is 4.21. The van der Waals surface area contributed by atoms with Crippen LogP contribution in [0.4, 0.5) is 0 Å². The van der Waals surface area contributed by atoms with Crippen LogP contribution in [0.15, 0.2) is 0 Å². The van der Waals surface area contributed by atoms with Gasteiger partial charge in [0.15, 0.2) is 0 Å². The van der Waals surface area contributed by atoms with Crippen molar-refractivity contribution in [3.8, 4) is 0 Å². The van der Waals surface area contributed by atoms with Crippen molar-refractivity contribution in [2.75, 3.05) is 0 Å². The van der Waals surface area contributed by atoms with E-state index in [1.165, 1.54) is 25.7 Å². The second kappa shape index (κ2) is 4.76. The minimum atomic E-state index is 0.535. The van der Waals surface area contributed by atoms with E-state index >= 15 is 0 Å². The summed E-state index contributed by atoms with van der Waals surface area (Å²) >= 11 is 0. The summed E-state index contributed by atoms with van der Waals surface area (Å²) in [5, 5.41) is 0. The molecule has 0 saturated carbocycles. The van der Waals surface area contributed by atoms with E-state index in [4.69, 9.17) is 0 Å². The summed E-state index contributed by atoms with van der Waals surface area (Å²) in [5.41, 5.74) is 0.535. The van der Waals surface area contributed by atoms with E-state index in [1.54, 1.807) is 0 Å². The molecule has 0 nitrogen and oxygen atoms in total. The number of rotatable bonds is 4. The first kappa shape index (κ1) is 10.0. The molecule has 0 aromatic heterocycles. The highest BCUT2D eigenvalue weighted by Crippen LogP contribution is 2.21. The van der Waals surface area contributed by atoms with E-state index in [2.05, 4.69) is 34.1 Å². The van der Waals surface area contributed by atoms with Crippen LogP contribution in [0.25, 0.3) is 0 Å². The van der Waals surface area contributed by atoms with Crippen molar-refractivity contribution in [1.82, 2.24) is 0 Å². The van der Waals surface area contributed by atoms with Gasteiger partial charge >= 0.3 is 0 Å². The first-order valence-electron chi connectivity index (χ1n) is 4.34. The van der Waals surface area contributed by atoms with Gasteiger partial charge in [-0.05, 0) is 18.3 Å². The van der Waals surface area contributed by atoms with Crippen LogP contribution < -0.4 is 0 Å². The molecular formula is C10H21. The average Bonchev–Trinajstić information content (AvgIpc) is 1.78. The summed E-state index contributed by atoms with van der Waals surface area (Å²) in [5.74, 6) is 0. The van der Waals surface area contributed by atoms with E-state index < -0.39 is 0 Å². The zero-order chi connectivity index (χ0) is 8.04. The lowest BCUT2D eigenvalue weighted by Crippen LogP contribution is -2.03. The fraction of sp³-hybridized carbons (Fsp3) is 0.900. The topological polar surface area (TPSA) is 0 Å². The minimum Gasteiger partial charge on any atom is -0.0623 e. The molecule has 0 heteroatoms. The Hall–Kier alpha value is 0. The average molecular weight is 141 g/mol. The van der Waals surface area contributed by atoms with Gasteiger partial charge in [0.05, 0.1) is 0 Å². The molecule has 0 atom stereocenters. The Bertz CT molecular complexity index is 66.6. The maximum Gasteiger partial charge on any atom is -0.0383 e. The highest BCUT2D eigenvalue weighted by Gasteiger charge is 2.08. The minimum absolute atomic E-state index is 0.535. The van der Waals surface area contributed by atoms with Gasteiger partial charge in [-0.2, -0.15) is 0 Å². The molecule has 0 bridgehead atoms. The lowest BCUT2D eigenvalue weighted by atomic mass is 9.89. The molecule has 61 valence electrons. The van der Waals surface area contributed by atoms with Gasteiger partial charge in [0, 0.05) is 0 Å². The summed E-state index contributed by atoms with van der Waals surface area (Å²) < 4.78 is 0. The maximum atomic E-state index is 2.31. The van der Waals surface area contributed by atoms with Crippen LogP contribution in [0, 0.1) is 11.8 Å². The quantitative estimate of drug-likeness (QED) is 0.522. The lowest BCUT2D eigenvalue weighted by Gasteiger charge is -2.17. The van der Waals surface area contributed by atoms with Gasteiger partial charge in [0.25, 0.3) is 0 Å². The molecule has 0 saturated heterocycles. The third kappa shape index (κ3) is 8.00. The van der Waals surface area contributed by atoms with Crippen LogP contribution in [0.3, 0.4) is 0 Å². The van der Waals surface area contributed by atoms with Crippen molar-refractivity contribution in [2.45, 2.75) is 53.4 Å². The molecule has 0 unspecified atom stereocenters. The van der Waals surface area contributed by atoms with Gasteiger partial charge in [-0.1, -0.05) is 47.0 Å². The van der Waals surface area contributed by atoms with Crippen molar-refractivity contribution < 1.29 is 0 Å². The summed E-state index contributed by atoms with van der Waals surface area (Å²) in [4.78, 5) is 0. The van der Waals surface area contributed by atoms with E-state index in [0.29, 0.717) is 5.41 Å². The summed E-state index contributed by atoms with van der Waals surface area (Å²) in [6.45, 7) is 9.06. The number of hydrogen-bond acceptors (Lipinski definition) is 0. The Morgan fingerprint density at radius 3 is 2.10 bits per heavy atom. The highest BCUT2D eigenvalue weighted by molar-refractivity contribution is 4.63. The maximum absolute atomic E-state index is 2.31. The Morgan fingerprint density at radius 2 is 1.70 bits per heavy atom. The Morgan fingerprint density at radius 1 is 1.10 bits per heavy atom. The van der Waals surface area contributed by atoms with Crippen LogP contribution in [0.1, 0.15) is 53.4 Å². The molecule has 0 rings (SSSR count). The molecule has 0 aliphatic rings. The molecule has 0 N–H and O–H groups in total. The third-order valence-corrected chi connectivity index (χ3v) is 1.67. The Balaban J connectivity index is 3.04. The molecule has 0 aliphatic carbocycles. The second-order valence-corrected chi connectivity index (χ2v) is 4.21. The predicted octanol–water partition coefficient (Wildman–Crippen LogP) is 3.82. The SMILES string of the molecule is C[CH]CCCCC(C)(C)C. The molecule has 0 amide bonds. The molecule has 0 aromatic rings. The van der Waals surface area contributed by atoms with Gasteiger partial charge < -0.3 is 0 Å². The number of hydrogen-bond donors (Lipinski definition) is 0. The zero-order valence-corrected chi connectivity index (χ0v) is 7.91. The van der Waals surface area contributed by atoms with Crippen LogP contribution >= 0.6 is 0 Å². The normalized spacial score (nSPS) is 12.0. The molecule has 0 aliphatic heterocycles. The smallest absolute Gasteiger partial charge is 0.0383 e. The largest absolute Gasteiger partial charge is 0.0623 e. The molecule has 0 aromatic carbocycles.